The molecular weight excluding hydrogens is 396 g/mol. The highest BCUT2D eigenvalue weighted by molar-refractivity contribution is 7.20. The number of rotatable bonds is 1. The molecule has 1 aliphatic rings. The zero-order chi connectivity index (χ0) is 21.2. The summed E-state index contributed by atoms with van der Waals surface area (Å²) in [5, 5.41) is 3.92. The van der Waals surface area contributed by atoms with Gasteiger partial charge < -0.3 is 0 Å². The second-order valence-corrected chi connectivity index (χ2v) is 10.6. The smallest absolute Gasteiger partial charge is 0.0880 e. The molecule has 0 atom stereocenters. The fourth-order valence-corrected chi connectivity index (χ4v) is 6.25. The largest absolute Gasteiger partial charge is 0.264 e. The van der Waals surface area contributed by atoms with Gasteiger partial charge >= 0.3 is 0 Å². The van der Waals surface area contributed by atoms with Crippen LogP contribution in [0, 0.1) is 0 Å². The van der Waals surface area contributed by atoms with Crippen LogP contribution in [0.2, 0.25) is 0 Å². The predicted molar refractivity (Wildman–Crippen MR) is 132 cm³/mol. The zero-order valence-electron chi connectivity index (χ0n) is 18.1. The lowest BCUT2D eigenvalue weighted by Gasteiger charge is -2.22. The van der Waals surface area contributed by atoms with Crippen molar-refractivity contribution in [3.63, 3.8) is 0 Å². The average molecular weight is 421 g/mol. The Bertz CT molecular complexity index is 1470. The van der Waals surface area contributed by atoms with Crippen LogP contribution < -0.4 is 0 Å². The molecule has 0 aliphatic heterocycles. The second-order valence-electron chi connectivity index (χ2n) is 9.46. The van der Waals surface area contributed by atoms with Gasteiger partial charge in [-0.15, -0.1) is 11.3 Å². The molecule has 3 heterocycles. The zero-order valence-corrected chi connectivity index (χ0v) is 18.9. The highest BCUT2D eigenvalue weighted by atomic mass is 32.1. The molecular formula is C28H24N2S. The van der Waals surface area contributed by atoms with E-state index in [1.54, 1.807) is 0 Å². The van der Waals surface area contributed by atoms with Crippen molar-refractivity contribution in [2.24, 2.45) is 0 Å². The van der Waals surface area contributed by atoms with E-state index < -0.39 is 0 Å². The van der Waals surface area contributed by atoms with Gasteiger partial charge in [-0.1, -0.05) is 45.0 Å². The summed E-state index contributed by atoms with van der Waals surface area (Å²) in [7, 11) is 0. The summed E-state index contributed by atoms with van der Waals surface area (Å²) in [5.74, 6) is 0. The quantitative estimate of drug-likeness (QED) is 0.279. The molecule has 0 saturated heterocycles. The summed E-state index contributed by atoms with van der Waals surface area (Å²) in [5.41, 5.74) is 7.80. The van der Waals surface area contributed by atoms with Crippen molar-refractivity contribution in [1.29, 1.82) is 0 Å². The third kappa shape index (κ3) is 2.91. The van der Waals surface area contributed by atoms with Crippen LogP contribution in [-0.2, 0) is 18.3 Å². The Morgan fingerprint density at radius 2 is 1.77 bits per heavy atom. The van der Waals surface area contributed by atoms with Crippen molar-refractivity contribution < 1.29 is 0 Å². The van der Waals surface area contributed by atoms with Gasteiger partial charge in [0.05, 0.1) is 10.4 Å². The van der Waals surface area contributed by atoms with Gasteiger partial charge in [-0.25, -0.2) is 0 Å². The van der Waals surface area contributed by atoms with Crippen LogP contribution in [0.25, 0.3) is 43.2 Å². The van der Waals surface area contributed by atoms with Gasteiger partial charge in [-0.3, -0.25) is 9.97 Å². The number of aryl methyl sites for hydroxylation is 2. The van der Waals surface area contributed by atoms with Gasteiger partial charge in [0.15, 0.2) is 0 Å². The first kappa shape index (κ1) is 18.7. The number of thiophene rings is 1. The molecule has 0 radical (unpaired) electrons. The van der Waals surface area contributed by atoms with Gasteiger partial charge in [0.25, 0.3) is 0 Å². The Hall–Kier alpha value is -3.04. The van der Waals surface area contributed by atoms with Crippen molar-refractivity contribution in [2.45, 2.75) is 39.0 Å². The summed E-state index contributed by atoms with van der Waals surface area (Å²) in [6.45, 7) is 6.88. The van der Waals surface area contributed by atoms with E-state index in [2.05, 4.69) is 74.3 Å². The van der Waals surface area contributed by atoms with Crippen LogP contribution >= 0.6 is 11.3 Å². The van der Waals surface area contributed by atoms with Crippen LogP contribution in [0.5, 0.6) is 0 Å². The van der Waals surface area contributed by atoms with Gasteiger partial charge in [0.1, 0.15) is 0 Å². The number of benzene rings is 2. The van der Waals surface area contributed by atoms with E-state index in [0.29, 0.717) is 0 Å². The molecule has 6 rings (SSSR count). The van der Waals surface area contributed by atoms with E-state index in [1.807, 2.05) is 29.9 Å². The first-order chi connectivity index (χ1) is 15.0. The molecule has 3 heteroatoms. The monoisotopic (exact) mass is 420 g/mol. The van der Waals surface area contributed by atoms with Crippen LogP contribution in [0.4, 0.5) is 0 Å². The highest BCUT2D eigenvalue weighted by Gasteiger charge is 2.24. The molecule has 0 bridgehead atoms. The predicted octanol–water partition coefficient (Wildman–Crippen LogP) is 7.57. The van der Waals surface area contributed by atoms with Gasteiger partial charge in [-0.2, -0.15) is 0 Å². The van der Waals surface area contributed by atoms with Crippen molar-refractivity contribution in [3.05, 3.63) is 83.1 Å². The van der Waals surface area contributed by atoms with E-state index >= 15 is 0 Å². The lowest BCUT2D eigenvalue weighted by molar-refractivity contribution is 0.596. The number of fused-ring (bicyclic) bond motifs is 6. The molecule has 0 unspecified atom stereocenters. The first-order valence-corrected chi connectivity index (χ1v) is 11.7. The minimum absolute atomic E-state index is 0.0583. The number of hydrogen-bond donors (Lipinski definition) is 0. The number of hydrogen-bond acceptors (Lipinski definition) is 3. The topological polar surface area (TPSA) is 25.8 Å². The summed E-state index contributed by atoms with van der Waals surface area (Å²) < 4.78 is 1.29. The molecule has 0 spiro atoms. The Kier molecular flexibility index (Phi) is 4.06. The van der Waals surface area contributed by atoms with Crippen LogP contribution in [0.1, 0.15) is 36.8 Å². The minimum Gasteiger partial charge on any atom is -0.264 e. The van der Waals surface area contributed by atoms with E-state index in [4.69, 9.17) is 4.98 Å². The lowest BCUT2D eigenvalue weighted by atomic mass is 9.82. The normalized spacial score (nSPS) is 13.4. The maximum atomic E-state index is 4.90. The molecule has 152 valence electrons. The van der Waals surface area contributed by atoms with Gasteiger partial charge in [0.2, 0.25) is 0 Å². The summed E-state index contributed by atoms with van der Waals surface area (Å²) >= 11 is 1.91. The SMILES string of the molecule is CC(C)(C)c1cc(-c2nccc3c4c(sc23)CCc2ccncc2-4)cc2ccccc12. The Morgan fingerprint density at radius 3 is 2.65 bits per heavy atom. The Morgan fingerprint density at radius 1 is 0.903 bits per heavy atom. The fraction of sp³-hybridized carbons (Fsp3) is 0.214. The lowest BCUT2D eigenvalue weighted by Crippen LogP contribution is -2.12. The summed E-state index contributed by atoms with van der Waals surface area (Å²) in [6, 6.07) is 17.7. The molecule has 0 N–H and O–H groups in total. The molecule has 3 aromatic heterocycles. The van der Waals surface area contributed by atoms with Crippen molar-refractivity contribution >= 4 is 32.2 Å². The molecule has 0 amide bonds. The van der Waals surface area contributed by atoms with Crippen LogP contribution in [0.15, 0.2) is 67.1 Å². The maximum Gasteiger partial charge on any atom is 0.0880 e. The molecule has 2 nitrogen and oxygen atoms in total. The molecule has 1 aliphatic carbocycles. The summed E-state index contributed by atoms with van der Waals surface area (Å²) in [4.78, 5) is 10.8. The first-order valence-electron chi connectivity index (χ1n) is 10.9. The standard InChI is InChI=1S/C28H24N2S/c1-28(2,3)23-15-19(14-18-6-4-5-7-20(18)23)26-27-21(11-13-30-26)25-22-16-29-12-10-17(22)8-9-24(25)31-27/h4-7,10-16H,8-9H2,1-3H3. The molecule has 0 fully saturated rings. The highest BCUT2D eigenvalue weighted by Crippen LogP contribution is 2.46. The van der Waals surface area contributed by atoms with Crippen LogP contribution in [0.3, 0.4) is 0 Å². The molecule has 5 aromatic rings. The van der Waals surface area contributed by atoms with E-state index in [1.165, 1.54) is 53.6 Å². The average Bonchev–Trinajstić information content (AvgIpc) is 3.17. The molecule has 2 aromatic carbocycles. The number of aromatic nitrogens is 2. The van der Waals surface area contributed by atoms with E-state index in [9.17, 15) is 0 Å². The van der Waals surface area contributed by atoms with E-state index in [-0.39, 0.29) is 5.41 Å². The third-order valence-corrected chi connectivity index (χ3v) is 7.70. The molecule has 31 heavy (non-hydrogen) atoms. The van der Waals surface area contributed by atoms with Crippen molar-refractivity contribution in [1.82, 2.24) is 9.97 Å². The van der Waals surface area contributed by atoms with Crippen molar-refractivity contribution in [3.8, 4) is 22.4 Å². The molecule has 0 saturated carbocycles. The minimum atomic E-state index is 0.0583. The van der Waals surface area contributed by atoms with Gasteiger partial charge in [-0.05, 0) is 64.4 Å². The maximum absolute atomic E-state index is 4.90. The van der Waals surface area contributed by atoms with Crippen LogP contribution in [-0.4, -0.2) is 9.97 Å². The third-order valence-electron chi connectivity index (χ3n) is 6.42. The van der Waals surface area contributed by atoms with E-state index in [0.717, 1.165) is 18.5 Å². The van der Waals surface area contributed by atoms with Crippen molar-refractivity contribution in [2.75, 3.05) is 0 Å². The Labute approximate surface area is 186 Å². The number of nitrogens with zero attached hydrogens (tertiary/aromatic N) is 2. The Balaban J connectivity index is 1.64. The van der Waals surface area contributed by atoms with Gasteiger partial charge in [0, 0.05) is 45.5 Å². The fourth-order valence-electron chi connectivity index (χ4n) is 4.93. The second kappa shape index (κ2) is 6.73. The summed E-state index contributed by atoms with van der Waals surface area (Å²) in [6.07, 6.45) is 8.10. The number of pyridine rings is 2.